The molecule has 0 bridgehead atoms. The molecule has 0 atom stereocenters. The van der Waals surface area contributed by atoms with Crippen LogP contribution in [0.3, 0.4) is 0 Å². The Morgan fingerprint density at radius 3 is 2.56 bits per heavy atom. The van der Waals surface area contributed by atoms with E-state index in [9.17, 15) is 0 Å². The highest BCUT2D eigenvalue weighted by Gasteiger charge is 2.10. The molecule has 0 aromatic rings. The molecule has 0 aromatic carbocycles. The molecule has 0 fully saturated rings. The molecule has 2 heteroatoms. The van der Waals surface area contributed by atoms with E-state index in [0.717, 1.165) is 6.54 Å². The lowest BCUT2D eigenvalue weighted by atomic mass is 10.1. The van der Waals surface area contributed by atoms with Crippen LogP contribution in [0.2, 0.25) is 0 Å². The summed E-state index contributed by atoms with van der Waals surface area (Å²) in [6, 6.07) is 0. The van der Waals surface area contributed by atoms with Crippen LogP contribution in [0, 0.1) is 5.92 Å². The van der Waals surface area contributed by atoms with Gasteiger partial charge in [-0.15, -0.1) is 0 Å². The Kier molecular flexibility index (Phi) is 1.76. The molecule has 2 nitrogen and oxygen atoms in total. The molecule has 0 radical (unpaired) electrons. The van der Waals surface area contributed by atoms with Crippen LogP contribution in [0.15, 0.2) is 11.8 Å². The summed E-state index contributed by atoms with van der Waals surface area (Å²) >= 11 is 0. The summed E-state index contributed by atoms with van der Waals surface area (Å²) in [4.78, 5) is 0. The van der Waals surface area contributed by atoms with Crippen LogP contribution in [0.25, 0.3) is 0 Å². The molecular weight excluding hydrogens is 112 g/mol. The van der Waals surface area contributed by atoms with Crippen LogP contribution in [0.1, 0.15) is 13.8 Å². The number of hydrazine groups is 1. The summed E-state index contributed by atoms with van der Waals surface area (Å²) in [6.45, 7) is 5.42. The van der Waals surface area contributed by atoms with Crippen LogP contribution in [-0.2, 0) is 0 Å². The predicted octanol–water partition coefficient (Wildman–Crippen LogP) is 0.976. The first-order valence-electron chi connectivity index (χ1n) is 3.38. The predicted molar refractivity (Wildman–Crippen MR) is 38.7 cm³/mol. The minimum Gasteiger partial charge on any atom is -0.323 e. The number of nitrogens with zero attached hydrogens (tertiary/aromatic N) is 1. The van der Waals surface area contributed by atoms with E-state index in [0.29, 0.717) is 5.92 Å². The normalized spacial score (nSPS) is 20.2. The zero-order valence-electron chi connectivity index (χ0n) is 6.31. The fourth-order valence-electron chi connectivity index (χ4n) is 0.912. The molecule has 0 spiro atoms. The highest BCUT2D eigenvalue weighted by molar-refractivity contribution is 5.06. The van der Waals surface area contributed by atoms with Gasteiger partial charge in [0, 0.05) is 19.3 Å². The van der Waals surface area contributed by atoms with Gasteiger partial charge >= 0.3 is 0 Å². The number of nitrogens with one attached hydrogen (secondary N) is 1. The van der Waals surface area contributed by atoms with Crippen LogP contribution in [0.5, 0.6) is 0 Å². The average Bonchev–Trinajstić information content (AvgIpc) is 2.14. The molecule has 9 heavy (non-hydrogen) atoms. The summed E-state index contributed by atoms with van der Waals surface area (Å²) in [5, 5.41) is 2.08. The van der Waals surface area contributed by atoms with E-state index in [1.807, 2.05) is 7.05 Å². The maximum atomic E-state index is 3.25. The molecule has 0 aliphatic carbocycles. The molecule has 1 rings (SSSR count). The number of likely N-dealkylation sites (N-methyl/N-ethyl adjacent to an activating group) is 1. The molecule has 1 aliphatic rings. The van der Waals surface area contributed by atoms with E-state index in [4.69, 9.17) is 0 Å². The van der Waals surface area contributed by atoms with Crippen molar-refractivity contribution in [1.29, 1.82) is 0 Å². The average molecular weight is 126 g/mol. The molecular formula is C7H14N2. The molecule has 1 aliphatic heterocycles. The Hall–Kier alpha value is -0.500. The summed E-state index contributed by atoms with van der Waals surface area (Å²) in [6.07, 6.45) is 2.23. The fourth-order valence-corrected chi connectivity index (χ4v) is 0.912. The van der Waals surface area contributed by atoms with Crippen molar-refractivity contribution in [1.82, 2.24) is 10.4 Å². The smallest absolute Gasteiger partial charge is 0.0376 e. The molecule has 0 aromatic heterocycles. The van der Waals surface area contributed by atoms with Crippen molar-refractivity contribution in [2.24, 2.45) is 5.92 Å². The SMILES string of the molecule is CC(C)C1=CCN(C)N1. The van der Waals surface area contributed by atoms with Crippen molar-refractivity contribution < 1.29 is 0 Å². The summed E-state index contributed by atoms with van der Waals surface area (Å²) in [5.41, 5.74) is 4.59. The lowest BCUT2D eigenvalue weighted by Crippen LogP contribution is -2.28. The third-order valence-electron chi connectivity index (χ3n) is 1.53. The van der Waals surface area contributed by atoms with Crippen LogP contribution in [-0.4, -0.2) is 18.6 Å². The first-order valence-corrected chi connectivity index (χ1v) is 3.38. The van der Waals surface area contributed by atoms with Gasteiger partial charge < -0.3 is 5.43 Å². The molecule has 0 saturated heterocycles. The highest BCUT2D eigenvalue weighted by Crippen LogP contribution is 2.09. The van der Waals surface area contributed by atoms with Crippen molar-refractivity contribution >= 4 is 0 Å². The standard InChI is InChI=1S/C7H14N2/c1-6(2)7-4-5-9(3)8-7/h4,6,8H,5H2,1-3H3. The maximum absolute atomic E-state index is 3.25. The van der Waals surface area contributed by atoms with E-state index >= 15 is 0 Å². The van der Waals surface area contributed by atoms with Gasteiger partial charge in [0.15, 0.2) is 0 Å². The van der Waals surface area contributed by atoms with E-state index in [1.54, 1.807) is 0 Å². The first kappa shape index (κ1) is 6.62. The second-order valence-corrected chi connectivity index (χ2v) is 2.81. The van der Waals surface area contributed by atoms with Crippen LogP contribution >= 0.6 is 0 Å². The van der Waals surface area contributed by atoms with Gasteiger partial charge in [-0.25, -0.2) is 5.01 Å². The van der Waals surface area contributed by atoms with Gasteiger partial charge in [-0.05, 0) is 12.0 Å². The molecule has 0 saturated carbocycles. The lowest BCUT2D eigenvalue weighted by molar-refractivity contribution is 0.311. The van der Waals surface area contributed by atoms with Crippen LogP contribution < -0.4 is 5.43 Å². The lowest BCUT2D eigenvalue weighted by Gasteiger charge is -2.13. The van der Waals surface area contributed by atoms with Gasteiger partial charge in [-0.2, -0.15) is 0 Å². The number of rotatable bonds is 1. The minimum atomic E-state index is 0.634. The quantitative estimate of drug-likeness (QED) is 0.563. The molecule has 1 heterocycles. The zero-order valence-corrected chi connectivity index (χ0v) is 6.31. The first-order chi connectivity index (χ1) is 4.20. The Morgan fingerprint density at radius 2 is 2.33 bits per heavy atom. The molecule has 52 valence electrons. The number of allylic oxidation sites excluding steroid dienone is 1. The molecule has 0 unspecified atom stereocenters. The van der Waals surface area contributed by atoms with Crippen molar-refractivity contribution in [2.75, 3.05) is 13.6 Å². The zero-order chi connectivity index (χ0) is 6.85. The molecule has 0 amide bonds. The van der Waals surface area contributed by atoms with Crippen molar-refractivity contribution in [3.05, 3.63) is 11.8 Å². The summed E-state index contributed by atoms with van der Waals surface area (Å²) in [7, 11) is 2.05. The van der Waals surface area contributed by atoms with Crippen molar-refractivity contribution in [2.45, 2.75) is 13.8 Å². The number of hydrogen-bond acceptors (Lipinski definition) is 2. The maximum Gasteiger partial charge on any atom is 0.0376 e. The van der Waals surface area contributed by atoms with Crippen molar-refractivity contribution in [3.63, 3.8) is 0 Å². The summed E-state index contributed by atoms with van der Waals surface area (Å²) in [5.74, 6) is 0.634. The third kappa shape index (κ3) is 1.45. The van der Waals surface area contributed by atoms with Gasteiger partial charge in [0.2, 0.25) is 0 Å². The van der Waals surface area contributed by atoms with E-state index in [-0.39, 0.29) is 0 Å². The van der Waals surface area contributed by atoms with Gasteiger partial charge in [0.05, 0.1) is 0 Å². The second kappa shape index (κ2) is 2.40. The Bertz CT molecular complexity index is 127. The number of hydrogen-bond donors (Lipinski definition) is 1. The Balaban J connectivity index is 2.45. The van der Waals surface area contributed by atoms with E-state index < -0.39 is 0 Å². The van der Waals surface area contributed by atoms with Gasteiger partial charge in [0.1, 0.15) is 0 Å². The summed E-state index contributed by atoms with van der Waals surface area (Å²) < 4.78 is 0. The third-order valence-corrected chi connectivity index (χ3v) is 1.53. The van der Waals surface area contributed by atoms with Crippen molar-refractivity contribution in [3.8, 4) is 0 Å². The second-order valence-electron chi connectivity index (χ2n) is 2.81. The topological polar surface area (TPSA) is 15.3 Å². The fraction of sp³-hybridized carbons (Fsp3) is 0.714. The van der Waals surface area contributed by atoms with E-state index in [2.05, 4.69) is 30.4 Å². The van der Waals surface area contributed by atoms with Gasteiger partial charge in [-0.3, -0.25) is 0 Å². The van der Waals surface area contributed by atoms with Gasteiger partial charge in [-0.1, -0.05) is 13.8 Å². The monoisotopic (exact) mass is 126 g/mol. The minimum absolute atomic E-state index is 0.634. The highest BCUT2D eigenvalue weighted by atomic mass is 15.5. The Morgan fingerprint density at radius 1 is 1.67 bits per heavy atom. The van der Waals surface area contributed by atoms with Crippen LogP contribution in [0.4, 0.5) is 0 Å². The largest absolute Gasteiger partial charge is 0.323 e. The van der Waals surface area contributed by atoms with E-state index in [1.165, 1.54) is 5.70 Å². The molecule has 1 N–H and O–H groups in total. The Labute approximate surface area is 56.5 Å². The van der Waals surface area contributed by atoms with Gasteiger partial charge in [0.25, 0.3) is 0 Å².